The Balaban J connectivity index is 0.00000264. The van der Waals surface area contributed by atoms with Gasteiger partial charge in [-0.1, -0.05) is 12.5 Å². The molecule has 5 nitrogen and oxygen atoms in total. The highest BCUT2D eigenvalue weighted by Crippen LogP contribution is 2.11. The Morgan fingerprint density at radius 2 is 2.30 bits per heavy atom. The summed E-state index contributed by atoms with van der Waals surface area (Å²) in [6, 6.07) is 0. The summed E-state index contributed by atoms with van der Waals surface area (Å²) in [6.07, 6.45) is 10.8. The van der Waals surface area contributed by atoms with Crippen molar-refractivity contribution in [2.45, 2.75) is 32.2 Å². The molecule has 0 atom stereocenters. The molecule has 0 saturated heterocycles. The summed E-state index contributed by atoms with van der Waals surface area (Å²) < 4.78 is 2.05. The summed E-state index contributed by atoms with van der Waals surface area (Å²) in [5.74, 6) is 0.917. The van der Waals surface area contributed by atoms with Gasteiger partial charge in [-0.05, 0) is 19.3 Å². The van der Waals surface area contributed by atoms with Crippen LogP contribution in [-0.2, 0) is 6.54 Å². The summed E-state index contributed by atoms with van der Waals surface area (Å²) in [4.78, 5) is 12.1. The molecule has 0 fully saturated rings. The van der Waals surface area contributed by atoms with E-state index in [1.54, 1.807) is 11.3 Å². The van der Waals surface area contributed by atoms with Gasteiger partial charge in [-0.15, -0.1) is 41.9 Å². The average molecular weight is 447 g/mol. The van der Waals surface area contributed by atoms with Crippen LogP contribution in [0.25, 0.3) is 4.96 Å². The number of imidazole rings is 1. The number of guanidine groups is 1. The van der Waals surface area contributed by atoms with Crippen LogP contribution in [0.3, 0.4) is 0 Å². The lowest BCUT2D eigenvalue weighted by Crippen LogP contribution is -2.39. The van der Waals surface area contributed by atoms with Crippen molar-refractivity contribution in [3.8, 4) is 0 Å². The van der Waals surface area contributed by atoms with Gasteiger partial charge in [0, 0.05) is 38.4 Å². The molecule has 0 saturated carbocycles. The molecular formula is C16H26IN5S. The van der Waals surface area contributed by atoms with Gasteiger partial charge in [0.2, 0.25) is 0 Å². The van der Waals surface area contributed by atoms with Crippen LogP contribution in [0.2, 0.25) is 0 Å². The van der Waals surface area contributed by atoms with E-state index >= 15 is 0 Å². The fourth-order valence-electron chi connectivity index (χ4n) is 2.34. The number of fused-ring (bicyclic) bond motifs is 1. The van der Waals surface area contributed by atoms with Gasteiger partial charge < -0.3 is 10.2 Å². The fraction of sp³-hybridized carbons (Fsp3) is 0.500. The number of aliphatic imine (C=N–C) groups is 1. The third-order valence-electron chi connectivity index (χ3n) is 3.55. The van der Waals surface area contributed by atoms with Gasteiger partial charge in [0.15, 0.2) is 10.9 Å². The molecule has 7 heteroatoms. The quantitative estimate of drug-likeness (QED) is 0.220. The van der Waals surface area contributed by atoms with Crippen molar-refractivity contribution in [3.05, 3.63) is 36.1 Å². The molecule has 2 heterocycles. The number of nitrogens with one attached hydrogen (secondary N) is 1. The normalized spacial score (nSPS) is 11.3. The number of rotatable bonds is 8. The van der Waals surface area contributed by atoms with Gasteiger partial charge in [-0.2, -0.15) is 0 Å². The maximum absolute atomic E-state index is 4.57. The highest BCUT2D eigenvalue weighted by molar-refractivity contribution is 14.0. The van der Waals surface area contributed by atoms with Gasteiger partial charge in [-0.3, -0.25) is 9.39 Å². The van der Waals surface area contributed by atoms with E-state index in [-0.39, 0.29) is 24.0 Å². The molecule has 2 rings (SSSR count). The Morgan fingerprint density at radius 1 is 1.48 bits per heavy atom. The van der Waals surface area contributed by atoms with Gasteiger partial charge in [0.1, 0.15) is 0 Å². The van der Waals surface area contributed by atoms with Gasteiger partial charge in [0.25, 0.3) is 0 Å². The third-order valence-corrected chi connectivity index (χ3v) is 4.32. The molecule has 0 radical (unpaired) electrons. The second kappa shape index (κ2) is 10.6. The number of hydrogen-bond donors (Lipinski definition) is 1. The van der Waals surface area contributed by atoms with Crippen molar-refractivity contribution in [1.29, 1.82) is 0 Å². The number of nitrogens with zero attached hydrogens (tertiary/aromatic N) is 4. The molecule has 0 aliphatic carbocycles. The summed E-state index contributed by atoms with van der Waals surface area (Å²) in [5, 5.41) is 5.42. The number of aromatic nitrogens is 2. The second-order valence-corrected chi connectivity index (χ2v) is 6.16. The molecule has 128 valence electrons. The highest BCUT2D eigenvalue weighted by Gasteiger charge is 2.07. The van der Waals surface area contributed by atoms with Crippen LogP contribution >= 0.6 is 35.3 Å². The van der Waals surface area contributed by atoms with Crippen LogP contribution < -0.4 is 5.32 Å². The molecular weight excluding hydrogens is 421 g/mol. The minimum absolute atomic E-state index is 0. The minimum atomic E-state index is 0. The van der Waals surface area contributed by atoms with Crippen LogP contribution in [0, 0.1) is 0 Å². The van der Waals surface area contributed by atoms with Crippen LogP contribution in [0.5, 0.6) is 0 Å². The van der Waals surface area contributed by atoms with Crippen molar-refractivity contribution in [2.24, 2.45) is 4.99 Å². The Kier molecular flexibility index (Phi) is 9.23. The van der Waals surface area contributed by atoms with E-state index in [1.165, 1.54) is 19.3 Å². The van der Waals surface area contributed by atoms with Crippen LogP contribution in [0.15, 0.2) is 35.4 Å². The van der Waals surface area contributed by atoms with E-state index in [0.29, 0.717) is 6.54 Å². The standard InChI is InChI=1S/C16H25N5S.HI/c1-4-5-6-7-8-9-20(3)15(17-2)18-12-14-13-21-10-11-22-16(21)19-14;/h4,10-11,13H,1,5-9,12H2,2-3H3,(H,17,18);1H. The monoisotopic (exact) mass is 447 g/mol. The lowest BCUT2D eigenvalue weighted by molar-refractivity contribution is 0.455. The van der Waals surface area contributed by atoms with Crippen molar-refractivity contribution in [3.63, 3.8) is 0 Å². The molecule has 0 unspecified atom stereocenters. The summed E-state index contributed by atoms with van der Waals surface area (Å²) in [6.45, 7) is 5.46. The number of allylic oxidation sites excluding steroid dienone is 1. The first-order chi connectivity index (χ1) is 10.7. The molecule has 0 amide bonds. The predicted molar refractivity (Wildman–Crippen MR) is 110 cm³/mol. The van der Waals surface area contributed by atoms with Crippen molar-refractivity contribution in [1.82, 2.24) is 19.6 Å². The van der Waals surface area contributed by atoms with E-state index in [9.17, 15) is 0 Å². The molecule has 0 spiro atoms. The van der Waals surface area contributed by atoms with Gasteiger partial charge >= 0.3 is 0 Å². The van der Waals surface area contributed by atoms with Crippen molar-refractivity contribution < 1.29 is 0 Å². The number of unbranched alkanes of at least 4 members (excludes halogenated alkanes) is 3. The van der Waals surface area contributed by atoms with Crippen LogP contribution in [0.4, 0.5) is 0 Å². The first kappa shape index (κ1) is 20.0. The van der Waals surface area contributed by atoms with Crippen molar-refractivity contribution >= 4 is 46.2 Å². The number of hydrogen-bond acceptors (Lipinski definition) is 3. The molecule has 0 aromatic carbocycles. The Morgan fingerprint density at radius 3 is 3.00 bits per heavy atom. The lowest BCUT2D eigenvalue weighted by atomic mass is 10.2. The molecule has 23 heavy (non-hydrogen) atoms. The zero-order chi connectivity index (χ0) is 15.8. The lowest BCUT2D eigenvalue weighted by Gasteiger charge is -2.21. The number of thiazole rings is 1. The Labute approximate surface area is 159 Å². The zero-order valence-electron chi connectivity index (χ0n) is 13.9. The highest BCUT2D eigenvalue weighted by atomic mass is 127. The maximum Gasteiger partial charge on any atom is 0.193 e. The van der Waals surface area contributed by atoms with Crippen LogP contribution in [0.1, 0.15) is 31.4 Å². The second-order valence-electron chi connectivity index (χ2n) is 5.29. The van der Waals surface area contributed by atoms with Crippen molar-refractivity contribution in [2.75, 3.05) is 20.6 Å². The van der Waals surface area contributed by atoms with E-state index < -0.39 is 0 Å². The molecule has 0 bridgehead atoms. The van der Waals surface area contributed by atoms with E-state index in [4.69, 9.17) is 0 Å². The fourth-order valence-corrected chi connectivity index (χ4v) is 3.05. The molecule has 0 aliphatic heterocycles. The molecule has 2 aromatic heterocycles. The maximum atomic E-state index is 4.57. The zero-order valence-corrected chi connectivity index (χ0v) is 17.0. The summed E-state index contributed by atoms with van der Waals surface area (Å²) in [5.41, 5.74) is 1.03. The largest absolute Gasteiger partial charge is 0.351 e. The summed E-state index contributed by atoms with van der Waals surface area (Å²) in [7, 11) is 3.90. The minimum Gasteiger partial charge on any atom is -0.351 e. The Hall–Kier alpha value is -1.09. The van der Waals surface area contributed by atoms with E-state index in [0.717, 1.165) is 29.6 Å². The molecule has 1 N–H and O–H groups in total. The van der Waals surface area contributed by atoms with Gasteiger partial charge in [-0.25, -0.2) is 4.98 Å². The van der Waals surface area contributed by atoms with E-state index in [1.807, 2.05) is 29.1 Å². The average Bonchev–Trinajstić information content (AvgIpc) is 3.09. The Bertz CT molecular complexity index is 590. The topological polar surface area (TPSA) is 44.9 Å². The SMILES string of the molecule is C=CCCCCCN(C)C(=NC)NCc1cn2ccsc2n1.I. The molecule has 2 aromatic rings. The van der Waals surface area contributed by atoms with Gasteiger partial charge in [0.05, 0.1) is 12.2 Å². The predicted octanol–water partition coefficient (Wildman–Crippen LogP) is 3.77. The smallest absolute Gasteiger partial charge is 0.193 e. The van der Waals surface area contributed by atoms with E-state index in [2.05, 4.69) is 40.0 Å². The third kappa shape index (κ3) is 6.14. The summed E-state index contributed by atoms with van der Waals surface area (Å²) >= 11 is 1.65. The molecule has 0 aliphatic rings. The van der Waals surface area contributed by atoms with Crippen LogP contribution in [-0.4, -0.2) is 40.9 Å². The first-order valence-corrected chi connectivity index (χ1v) is 8.56. The first-order valence-electron chi connectivity index (χ1n) is 7.68. The number of halogens is 1.